The molecule has 0 atom stereocenters. The largest absolute Gasteiger partial charge is 0.491 e. The van der Waals surface area contributed by atoms with Gasteiger partial charge in [0.2, 0.25) is 11.6 Å². The molecule has 8 heteroatoms. The number of hydrogen-bond acceptors (Lipinski definition) is 6. The number of allylic oxidation sites excluding steroid dienone is 1. The zero-order chi connectivity index (χ0) is 22.5. The van der Waals surface area contributed by atoms with Gasteiger partial charge >= 0.3 is 0 Å². The molecular formula is C24H23N3O5. The number of ether oxygens (including phenoxy) is 2. The third-order valence-corrected chi connectivity index (χ3v) is 4.92. The van der Waals surface area contributed by atoms with Crippen molar-refractivity contribution in [3.05, 3.63) is 83.1 Å². The Morgan fingerprint density at radius 1 is 0.938 bits per heavy atom. The summed E-state index contributed by atoms with van der Waals surface area (Å²) in [6.45, 7) is 4.38. The van der Waals surface area contributed by atoms with E-state index < -0.39 is 0 Å². The van der Waals surface area contributed by atoms with Crippen LogP contribution in [0, 0.1) is 6.92 Å². The van der Waals surface area contributed by atoms with Crippen LogP contribution in [0.1, 0.15) is 28.7 Å². The number of para-hydroxylation sites is 1. The second-order valence-corrected chi connectivity index (χ2v) is 7.15. The number of amides is 2. The summed E-state index contributed by atoms with van der Waals surface area (Å²) in [5.74, 6) is 0.939. The lowest BCUT2D eigenvalue weighted by atomic mass is 10.1. The van der Waals surface area contributed by atoms with Gasteiger partial charge in [-0.2, -0.15) is 0 Å². The molecule has 1 aliphatic rings. The Balaban J connectivity index is 1.50. The number of carbonyl (C=O) groups excluding carboxylic acids is 2. The van der Waals surface area contributed by atoms with Gasteiger partial charge in [0.25, 0.3) is 11.8 Å². The number of anilines is 1. The second-order valence-electron chi connectivity index (χ2n) is 7.15. The Morgan fingerprint density at radius 3 is 2.44 bits per heavy atom. The molecule has 0 aliphatic carbocycles. The summed E-state index contributed by atoms with van der Waals surface area (Å²) in [5.41, 5.74) is 2.34. The first kappa shape index (κ1) is 21.2. The van der Waals surface area contributed by atoms with E-state index in [1.54, 1.807) is 44.2 Å². The Bertz CT molecular complexity index is 1170. The van der Waals surface area contributed by atoms with E-state index in [4.69, 9.17) is 13.9 Å². The highest BCUT2D eigenvalue weighted by atomic mass is 16.6. The van der Waals surface area contributed by atoms with Gasteiger partial charge < -0.3 is 24.5 Å². The molecule has 3 aromatic rings. The summed E-state index contributed by atoms with van der Waals surface area (Å²) in [4.78, 5) is 29.5. The zero-order valence-electron chi connectivity index (χ0n) is 17.8. The number of benzene rings is 2. The molecule has 1 aliphatic heterocycles. The number of oxazole rings is 1. The number of aromatic nitrogens is 1. The van der Waals surface area contributed by atoms with Crippen molar-refractivity contribution in [3.8, 4) is 11.5 Å². The highest BCUT2D eigenvalue weighted by molar-refractivity contribution is 6.05. The molecule has 0 fully saturated rings. The average Bonchev–Trinajstić information content (AvgIpc) is 3.19. The number of rotatable bonds is 6. The minimum atomic E-state index is -0.373. The van der Waals surface area contributed by atoms with Gasteiger partial charge in [-0.15, -0.1) is 0 Å². The molecule has 164 valence electrons. The normalized spacial score (nSPS) is 13.2. The van der Waals surface area contributed by atoms with Crippen molar-refractivity contribution in [2.45, 2.75) is 20.4 Å². The lowest BCUT2D eigenvalue weighted by Crippen LogP contribution is -2.29. The van der Waals surface area contributed by atoms with Crippen LogP contribution >= 0.6 is 0 Å². The molecule has 0 unspecified atom stereocenters. The summed E-state index contributed by atoms with van der Waals surface area (Å²) in [6.07, 6.45) is 0. The van der Waals surface area contributed by atoms with Crippen molar-refractivity contribution in [1.29, 1.82) is 0 Å². The molecule has 8 nitrogen and oxygen atoms in total. The van der Waals surface area contributed by atoms with Crippen molar-refractivity contribution in [3.63, 3.8) is 0 Å². The first-order valence-corrected chi connectivity index (χ1v) is 10.2. The fourth-order valence-corrected chi connectivity index (χ4v) is 3.25. The quantitative estimate of drug-likeness (QED) is 0.613. The Kier molecular flexibility index (Phi) is 6.21. The van der Waals surface area contributed by atoms with Crippen molar-refractivity contribution >= 4 is 17.5 Å². The fraction of sp³-hybridized carbons (Fsp3) is 0.208. The fourth-order valence-electron chi connectivity index (χ4n) is 3.25. The minimum absolute atomic E-state index is 0.160. The van der Waals surface area contributed by atoms with Gasteiger partial charge in [0.15, 0.2) is 0 Å². The van der Waals surface area contributed by atoms with Gasteiger partial charge in [0.05, 0.1) is 17.8 Å². The Labute approximate surface area is 185 Å². The number of hydrogen-bond donors (Lipinski definition) is 2. The van der Waals surface area contributed by atoms with E-state index in [0.717, 1.165) is 0 Å². The van der Waals surface area contributed by atoms with Crippen molar-refractivity contribution < 1.29 is 23.5 Å². The predicted molar refractivity (Wildman–Crippen MR) is 118 cm³/mol. The van der Waals surface area contributed by atoms with Crippen molar-refractivity contribution in [2.75, 3.05) is 18.5 Å². The molecule has 2 amide bonds. The molecule has 2 heterocycles. The van der Waals surface area contributed by atoms with E-state index >= 15 is 0 Å². The minimum Gasteiger partial charge on any atom is -0.491 e. The van der Waals surface area contributed by atoms with Crippen LogP contribution in [-0.4, -0.2) is 30.0 Å². The zero-order valence-corrected chi connectivity index (χ0v) is 17.8. The summed E-state index contributed by atoms with van der Waals surface area (Å²) in [5, 5.41) is 5.69. The second kappa shape index (κ2) is 9.38. The molecule has 0 saturated heterocycles. The van der Waals surface area contributed by atoms with E-state index in [1.807, 2.05) is 24.3 Å². The van der Waals surface area contributed by atoms with Gasteiger partial charge in [-0.25, -0.2) is 4.98 Å². The van der Waals surface area contributed by atoms with Crippen molar-refractivity contribution in [2.24, 2.45) is 0 Å². The van der Waals surface area contributed by atoms with Crippen LogP contribution in [0.15, 0.2) is 70.5 Å². The first-order valence-electron chi connectivity index (χ1n) is 10.2. The molecule has 0 radical (unpaired) electrons. The van der Waals surface area contributed by atoms with Gasteiger partial charge in [-0.1, -0.05) is 30.3 Å². The Hall–Kier alpha value is -4.07. The molecule has 2 aromatic carbocycles. The summed E-state index contributed by atoms with van der Waals surface area (Å²) < 4.78 is 16.6. The van der Waals surface area contributed by atoms with E-state index in [0.29, 0.717) is 53.1 Å². The topological polar surface area (TPSA) is 103 Å². The SMILES string of the molecule is CC1=C(C(=O)NCc2nc(-c3ccccc3NC(=O)c3ccccc3)oc2C)OCCO1. The third-order valence-electron chi connectivity index (χ3n) is 4.92. The third kappa shape index (κ3) is 4.64. The van der Waals surface area contributed by atoms with E-state index in [2.05, 4.69) is 15.6 Å². The van der Waals surface area contributed by atoms with Crippen LogP contribution < -0.4 is 10.6 Å². The van der Waals surface area contributed by atoms with Crippen LogP contribution in [-0.2, 0) is 20.8 Å². The highest BCUT2D eigenvalue weighted by Crippen LogP contribution is 2.29. The maximum atomic E-state index is 12.6. The average molecular weight is 433 g/mol. The molecule has 2 N–H and O–H groups in total. The van der Waals surface area contributed by atoms with Gasteiger partial charge in [-0.3, -0.25) is 9.59 Å². The lowest BCUT2D eigenvalue weighted by molar-refractivity contribution is -0.122. The van der Waals surface area contributed by atoms with Crippen LogP contribution in [0.25, 0.3) is 11.5 Å². The molecule has 32 heavy (non-hydrogen) atoms. The smallest absolute Gasteiger partial charge is 0.290 e. The number of nitrogens with zero attached hydrogens (tertiary/aromatic N) is 1. The van der Waals surface area contributed by atoms with Crippen LogP contribution in [0.2, 0.25) is 0 Å². The monoisotopic (exact) mass is 433 g/mol. The first-order chi connectivity index (χ1) is 15.5. The molecular weight excluding hydrogens is 410 g/mol. The number of nitrogens with one attached hydrogen (secondary N) is 2. The maximum absolute atomic E-state index is 12.6. The van der Waals surface area contributed by atoms with E-state index in [9.17, 15) is 9.59 Å². The number of carbonyl (C=O) groups is 2. The predicted octanol–water partition coefficient (Wildman–Crippen LogP) is 3.80. The van der Waals surface area contributed by atoms with Gasteiger partial charge in [0, 0.05) is 5.56 Å². The van der Waals surface area contributed by atoms with Crippen molar-refractivity contribution in [1.82, 2.24) is 10.3 Å². The molecule has 4 rings (SSSR count). The number of aryl methyl sites for hydroxylation is 1. The summed E-state index contributed by atoms with van der Waals surface area (Å²) in [6, 6.07) is 16.2. The molecule has 1 aromatic heterocycles. The molecule has 0 bridgehead atoms. The lowest BCUT2D eigenvalue weighted by Gasteiger charge is -2.19. The van der Waals surface area contributed by atoms with Crippen LogP contribution in [0.4, 0.5) is 5.69 Å². The van der Waals surface area contributed by atoms with Gasteiger partial charge in [-0.05, 0) is 38.1 Å². The Morgan fingerprint density at radius 2 is 1.66 bits per heavy atom. The van der Waals surface area contributed by atoms with Crippen LogP contribution in [0.3, 0.4) is 0 Å². The van der Waals surface area contributed by atoms with Crippen LogP contribution in [0.5, 0.6) is 0 Å². The highest BCUT2D eigenvalue weighted by Gasteiger charge is 2.21. The summed E-state index contributed by atoms with van der Waals surface area (Å²) >= 11 is 0. The standard InChI is InChI=1S/C24H23N3O5/c1-15-20(14-25-23(29)21-16(2)30-12-13-31-21)27-24(32-15)18-10-6-7-11-19(18)26-22(28)17-8-4-3-5-9-17/h3-11H,12-14H2,1-2H3,(H,25,29)(H,26,28). The van der Waals surface area contributed by atoms with E-state index in [-0.39, 0.29) is 24.1 Å². The summed E-state index contributed by atoms with van der Waals surface area (Å²) in [7, 11) is 0. The van der Waals surface area contributed by atoms with Gasteiger partial charge in [0.1, 0.15) is 30.4 Å². The molecule has 0 saturated carbocycles. The molecule has 0 spiro atoms. The van der Waals surface area contributed by atoms with E-state index in [1.165, 1.54) is 0 Å². The maximum Gasteiger partial charge on any atom is 0.290 e.